The van der Waals surface area contributed by atoms with Gasteiger partial charge in [0.25, 0.3) is 0 Å². The van der Waals surface area contributed by atoms with Crippen molar-refractivity contribution < 1.29 is 13.9 Å². The Labute approximate surface area is 207 Å². The number of ether oxygens (including phenoxy) is 2. The maximum Gasteiger partial charge on any atom is 0.141 e. The first-order valence-electron chi connectivity index (χ1n) is 11.5. The molecule has 1 aliphatic rings. The van der Waals surface area contributed by atoms with Gasteiger partial charge in [-0.3, -0.25) is 4.68 Å². The summed E-state index contributed by atoms with van der Waals surface area (Å²) in [5.41, 5.74) is 3.22. The molecule has 10 heteroatoms. The smallest absolute Gasteiger partial charge is 0.141 e. The van der Waals surface area contributed by atoms with Crippen LogP contribution in [-0.2, 0) is 11.3 Å². The lowest BCUT2D eigenvalue weighted by molar-refractivity contribution is 0.163. The highest BCUT2D eigenvalue weighted by Gasteiger charge is 2.20. The monoisotopic (exact) mass is 496 g/mol. The van der Waals surface area contributed by atoms with Crippen LogP contribution in [0.4, 0.5) is 15.9 Å². The molecular formula is C25H26ClFN6O2. The molecule has 0 spiro atoms. The van der Waals surface area contributed by atoms with Gasteiger partial charge < -0.3 is 20.1 Å². The van der Waals surface area contributed by atoms with Crippen LogP contribution in [0, 0.1) is 5.82 Å². The van der Waals surface area contributed by atoms with Crippen LogP contribution >= 0.6 is 11.6 Å². The summed E-state index contributed by atoms with van der Waals surface area (Å²) >= 11 is 5.97. The molecule has 0 bridgehead atoms. The van der Waals surface area contributed by atoms with Crippen molar-refractivity contribution in [1.82, 2.24) is 25.1 Å². The van der Waals surface area contributed by atoms with E-state index in [0.29, 0.717) is 24.7 Å². The lowest BCUT2D eigenvalue weighted by atomic mass is 10.0. The first-order valence-corrected chi connectivity index (χ1v) is 11.9. The third kappa shape index (κ3) is 5.37. The summed E-state index contributed by atoms with van der Waals surface area (Å²) in [6, 6.07) is 8.42. The summed E-state index contributed by atoms with van der Waals surface area (Å²) in [5, 5.41) is 11.9. The molecule has 0 atom stereocenters. The number of fused-ring (bicyclic) bond motifs is 1. The summed E-state index contributed by atoms with van der Waals surface area (Å²) < 4.78 is 27.2. The van der Waals surface area contributed by atoms with Crippen LogP contribution in [0.15, 0.2) is 49.1 Å². The van der Waals surface area contributed by atoms with Gasteiger partial charge in [-0.25, -0.2) is 14.4 Å². The number of methoxy groups -OCH3 is 1. The Morgan fingerprint density at radius 3 is 2.86 bits per heavy atom. The highest BCUT2D eigenvalue weighted by atomic mass is 35.5. The standard InChI is InChI=1S/C25H26ClFN6O2/c1-34-9-8-33-14-16(13-31-33)19-11-23-20(12-24(19)35-18-4-6-28-7-5-18)25(30-15-29-23)32-17-2-3-22(27)21(26)10-17/h2-3,10-15,18,28H,4-9H2,1H3,(H,29,30,32). The van der Waals surface area contributed by atoms with Crippen LogP contribution in [0.5, 0.6) is 5.75 Å². The lowest BCUT2D eigenvalue weighted by Gasteiger charge is -2.25. The van der Waals surface area contributed by atoms with Gasteiger partial charge in [-0.15, -0.1) is 0 Å². The molecule has 0 amide bonds. The molecule has 2 aromatic heterocycles. The van der Waals surface area contributed by atoms with E-state index in [0.717, 1.165) is 53.7 Å². The molecule has 0 unspecified atom stereocenters. The molecule has 2 aromatic carbocycles. The van der Waals surface area contributed by atoms with Crippen molar-refractivity contribution in [2.24, 2.45) is 0 Å². The van der Waals surface area contributed by atoms with Crippen molar-refractivity contribution in [2.75, 3.05) is 32.1 Å². The van der Waals surface area contributed by atoms with Crippen molar-refractivity contribution in [3.8, 4) is 16.9 Å². The van der Waals surface area contributed by atoms with Gasteiger partial charge in [0.15, 0.2) is 0 Å². The average Bonchev–Trinajstić information content (AvgIpc) is 3.34. The number of nitrogens with zero attached hydrogens (tertiary/aromatic N) is 4. The third-order valence-electron chi connectivity index (χ3n) is 5.97. The Hall–Kier alpha value is -3.27. The van der Waals surface area contributed by atoms with Crippen molar-refractivity contribution >= 4 is 34.0 Å². The molecule has 4 aromatic rings. The van der Waals surface area contributed by atoms with E-state index in [9.17, 15) is 4.39 Å². The number of aromatic nitrogens is 4. The topological polar surface area (TPSA) is 86.1 Å². The molecule has 8 nitrogen and oxygen atoms in total. The van der Waals surface area contributed by atoms with Crippen LogP contribution in [0.1, 0.15) is 12.8 Å². The zero-order valence-corrected chi connectivity index (χ0v) is 20.1. The highest BCUT2D eigenvalue weighted by molar-refractivity contribution is 6.31. The molecule has 182 valence electrons. The minimum absolute atomic E-state index is 0.0380. The Balaban J connectivity index is 1.55. The first-order chi connectivity index (χ1) is 17.1. The Kier molecular flexibility index (Phi) is 7.08. The number of rotatable bonds is 8. The van der Waals surface area contributed by atoms with E-state index in [-0.39, 0.29) is 11.1 Å². The fourth-order valence-corrected chi connectivity index (χ4v) is 4.30. The molecule has 1 saturated heterocycles. The molecule has 2 N–H and O–H groups in total. The predicted molar refractivity (Wildman–Crippen MR) is 134 cm³/mol. The van der Waals surface area contributed by atoms with Crippen LogP contribution in [0.25, 0.3) is 22.0 Å². The van der Waals surface area contributed by atoms with Gasteiger partial charge >= 0.3 is 0 Å². The number of piperidine rings is 1. The maximum absolute atomic E-state index is 13.6. The van der Waals surface area contributed by atoms with Crippen molar-refractivity contribution in [3.63, 3.8) is 0 Å². The molecule has 35 heavy (non-hydrogen) atoms. The van der Waals surface area contributed by atoms with Gasteiger partial charge in [0.1, 0.15) is 29.8 Å². The summed E-state index contributed by atoms with van der Waals surface area (Å²) in [6.45, 7) is 3.07. The average molecular weight is 497 g/mol. The number of nitrogens with one attached hydrogen (secondary N) is 2. The van der Waals surface area contributed by atoms with E-state index in [1.165, 1.54) is 18.5 Å². The third-order valence-corrected chi connectivity index (χ3v) is 6.26. The Morgan fingerprint density at radius 2 is 2.06 bits per heavy atom. The van der Waals surface area contributed by atoms with E-state index in [4.69, 9.17) is 21.1 Å². The van der Waals surface area contributed by atoms with E-state index < -0.39 is 5.82 Å². The van der Waals surface area contributed by atoms with Crippen LogP contribution < -0.4 is 15.4 Å². The fraction of sp³-hybridized carbons (Fsp3) is 0.320. The molecule has 1 aliphatic heterocycles. The zero-order valence-electron chi connectivity index (χ0n) is 19.3. The van der Waals surface area contributed by atoms with Crippen molar-refractivity contribution in [3.05, 3.63) is 59.9 Å². The van der Waals surface area contributed by atoms with Crippen LogP contribution in [0.3, 0.4) is 0 Å². The Bertz CT molecular complexity index is 1320. The summed E-state index contributed by atoms with van der Waals surface area (Å²) in [6.07, 6.45) is 7.26. The minimum atomic E-state index is -0.474. The normalized spacial score (nSPS) is 14.4. The molecule has 3 heterocycles. The van der Waals surface area contributed by atoms with E-state index in [1.807, 2.05) is 29.2 Å². The Morgan fingerprint density at radius 1 is 1.20 bits per heavy atom. The molecule has 5 rings (SSSR count). The largest absolute Gasteiger partial charge is 0.490 e. The van der Waals surface area contributed by atoms with Gasteiger partial charge in [0.05, 0.1) is 29.9 Å². The van der Waals surface area contributed by atoms with Crippen molar-refractivity contribution in [1.29, 1.82) is 0 Å². The number of halogens is 2. The molecule has 1 fully saturated rings. The van der Waals surface area contributed by atoms with Gasteiger partial charge in [-0.1, -0.05) is 11.6 Å². The number of anilines is 2. The van der Waals surface area contributed by atoms with Gasteiger partial charge in [0, 0.05) is 35.5 Å². The highest BCUT2D eigenvalue weighted by Crippen LogP contribution is 2.37. The SMILES string of the molecule is COCCn1cc(-c2cc3ncnc(Nc4ccc(F)c(Cl)c4)c3cc2OC2CCNCC2)cn1. The molecular weight excluding hydrogens is 471 g/mol. The molecule has 0 radical (unpaired) electrons. The quantitative estimate of drug-likeness (QED) is 0.362. The van der Waals surface area contributed by atoms with Crippen molar-refractivity contribution in [2.45, 2.75) is 25.5 Å². The van der Waals surface area contributed by atoms with E-state index in [1.54, 1.807) is 13.2 Å². The lowest BCUT2D eigenvalue weighted by Crippen LogP contribution is -2.34. The maximum atomic E-state index is 13.6. The fourth-order valence-electron chi connectivity index (χ4n) is 4.12. The van der Waals surface area contributed by atoms with E-state index in [2.05, 4.69) is 25.7 Å². The second kappa shape index (κ2) is 10.6. The number of hydrogen-bond donors (Lipinski definition) is 2. The summed E-state index contributed by atoms with van der Waals surface area (Å²) in [4.78, 5) is 8.92. The van der Waals surface area contributed by atoms with Gasteiger partial charge in [-0.05, 0) is 56.3 Å². The minimum Gasteiger partial charge on any atom is -0.490 e. The van der Waals surface area contributed by atoms with Gasteiger partial charge in [-0.2, -0.15) is 5.10 Å². The number of benzene rings is 2. The zero-order chi connectivity index (χ0) is 24.2. The van der Waals surface area contributed by atoms with Crippen LogP contribution in [-0.4, -0.2) is 52.7 Å². The van der Waals surface area contributed by atoms with Crippen LogP contribution in [0.2, 0.25) is 5.02 Å². The number of hydrogen-bond acceptors (Lipinski definition) is 7. The van der Waals surface area contributed by atoms with Gasteiger partial charge in [0.2, 0.25) is 0 Å². The predicted octanol–water partition coefficient (Wildman–Crippen LogP) is 4.81. The second-order valence-electron chi connectivity index (χ2n) is 8.39. The summed E-state index contributed by atoms with van der Waals surface area (Å²) in [5.74, 6) is 0.846. The van der Waals surface area contributed by atoms with E-state index >= 15 is 0 Å². The molecule has 0 aliphatic carbocycles. The summed E-state index contributed by atoms with van der Waals surface area (Å²) in [7, 11) is 1.67. The first kappa shape index (κ1) is 23.5. The molecule has 0 saturated carbocycles. The second-order valence-corrected chi connectivity index (χ2v) is 8.80.